The third kappa shape index (κ3) is 4.70. The van der Waals surface area contributed by atoms with Crippen LogP contribution in [0.5, 0.6) is 5.75 Å². The minimum atomic E-state index is -4.68. The summed E-state index contributed by atoms with van der Waals surface area (Å²) in [5.74, 6) is -0.880. The van der Waals surface area contributed by atoms with E-state index >= 15 is 0 Å². The van der Waals surface area contributed by atoms with E-state index in [0.29, 0.717) is 19.2 Å². The number of carbonyl (C=O) groups is 2. The number of amides is 2. The van der Waals surface area contributed by atoms with Gasteiger partial charge in [-0.3, -0.25) is 9.59 Å². The van der Waals surface area contributed by atoms with E-state index in [1.807, 2.05) is 0 Å². The molecule has 30 heavy (non-hydrogen) atoms. The fourth-order valence-electron chi connectivity index (χ4n) is 2.83. The first-order chi connectivity index (χ1) is 14.1. The first-order valence-corrected chi connectivity index (χ1v) is 9.10. The van der Waals surface area contributed by atoms with Crippen molar-refractivity contribution < 1.29 is 32.3 Å². The molecule has 0 bridgehead atoms. The predicted molar refractivity (Wildman–Crippen MR) is 102 cm³/mol. The molecule has 2 amide bonds. The van der Waals surface area contributed by atoms with Gasteiger partial charge >= 0.3 is 6.18 Å². The minimum absolute atomic E-state index is 0.0107. The average Bonchev–Trinajstić information content (AvgIpc) is 3.11. The minimum Gasteiger partial charge on any atom is -0.506 e. The van der Waals surface area contributed by atoms with Crippen molar-refractivity contribution in [2.45, 2.75) is 18.8 Å². The number of anilines is 1. The molecular weight excluding hydrogens is 427 g/mol. The molecular formula is C19H17ClF3N3O4. The molecule has 3 rings (SSSR count). The maximum Gasteiger partial charge on any atom is 0.417 e. The maximum absolute atomic E-state index is 13.0. The number of carbonyl (C=O) groups excluding carboxylic acids is 2. The molecule has 1 fully saturated rings. The highest BCUT2D eigenvalue weighted by atomic mass is 35.5. The van der Waals surface area contributed by atoms with Gasteiger partial charge < -0.3 is 25.1 Å². The molecule has 1 aliphatic heterocycles. The molecule has 0 radical (unpaired) electrons. The Balaban J connectivity index is 1.58. The number of phenolic OH excluding ortho intramolecular Hbond substituents is 1. The highest BCUT2D eigenvalue weighted by molar-refractivity contribution is 6.31. The van der Waals surface area contributed by atoms with Gasteiger partial charge in [0.1, 0.15) is 11.5 Å². The number of aromatic hydroxyl groups is 1. The number of phenols is 1. The van der Waals surface area contributed by atoms with Crippen LogP contribution in [0.3, 0.4) is 0 Å². The van der Waals surface area contributed by atoms with Crippen LogP contribution in [0.25, 0.3) is 0 Å². The fraction of sp³-hybridized carbons (Fsp3) is 0.263. The van der Waals surface area contributed by atoms with E-state index in [2.05, 4.69) is 17.2 Å². The van der Waals surface area contributed by atoms with E-state index in [1.165, 1.54) is 23.1 Å². The second kappa shape index (κ2) is 8.31. The van der Waals surface area contributed by atoms with Crippen LogP contribution in [0.4, 0.5) is 18.9 Å². The Labute approximate surface area is 174 Å². The van der Waals surface area contributed by atoms with E-state index in [4.69, 9.17) is 16.0 Å². The Kier molecular flexibility index (Phi) is 5.97. The lowest BCUT2D eigenvalue weighted by Crippen LogP contribution is -2.60. The van der Waals surface area contributed by atoms with Crippen LogP contribution < -0.4 is 10.6 Å². The smallest absolute Gasteiger partial charge is 0.417 e. The number of rotatable bonds is 6. The first kappa shape index (κ1) is 21.6. The summed E-state index contributed by atoms with van der Waals surface area (Å²) in [5, 5.41) is 14.5. The van der Waals surface area contributed by atoms with Gasteiger partial charge in [0.2, 0.25) is 5.91 Å². The Hall–Kier alpha value is -3.14. The number of alkyl halides is 3. The van der Waals surface area contributed by atoms with Crippen LogP contribution in [0, 0.1) is 0 Å². The number of nitrogens with zero attached hydrogens (tertiary/aromatic N) is 1. The lowest BCUT2D eigenvalue weighted by molar-refractivity contribution is -0.137. The number of hydrogen-bond donors (Lipinski definition) is 3. The van der Waals surface area contributed by atoms with Gasteiger partial charge in [-0.25, -0.2) is 0 Å². The van der Waals surface area contributed by atoms with Crippen LogP contribution >= 0.6 is 11.6 Å². The SMILES string of the molecule is C=CC(=O)N1CC(NC(=O)c2ccc(CNc3cc(C(F)(F)F)c(Cl)cc3O)o2)C1. The lowest BCUT2D eigenvalue weighted by Gasteiger charge is -2.38. The molecule has 160 valence electrons. The summed E-state index contributed by atoms with van der Waals surface area (Å²) < 4.78 is 44.3. The van der Waals surface area contributed by atoms with Gasteiger partial charge in [-0.15, -0.1) is 0 Å². The summed E-state index contributed by atoms with van der Waals surface area (Å²) in [6.45, 7) is 4.04. The van der Waals surface area contributed by atoms with Crippen LogP contribution in [0.15, 0.2) is 41.3 Å². The third-order valence-electron chi connectivity index (χ3n) is 4.43. The highest BCUT2D eigenvalue weighted by Crippen LogP contribution is 2.40. The fourth-order valence-corrected chi connectivity index (χ4v) is 3.10. The van der Waals surface area contributed by atoms with Crippen molar-refractivity contribution in [3.8, 4) is 5.75 Å². The van der Waals surface area contributed by atoms with Crippen LogP contribution in [-0.2, 0) is 17.5 Å². The van der Waals surface area contributed by atoms with E-state index in [9.17, 15) is 27.9 Å². The number of nitrogens with one attached hydrogen (secondary N) is 2. The molecule has 2 aromatic rings. The molecule has 1 saturated heterocycles. The molecule has 0 unspecified atom stereocenters. The monoisotopic (exact) mass is 443 g/mol. The van der Waals surface area contributed by atoms with Crippen LogP contribution in [0.1, 0.15) is 21.9 Å². The Morgan fingerprint density at radius 2 is 2.03 bits per heavy atom. The summed E-state index contributed by atoms with van der Waals surface area (Å²) in [7, 11) is 0. The van der Waals surface area contributed by atoms with Crippen molar-refractivity contribution in [3.63, 3.8) is 0 Å². The Morgan fingerprint density at radius 1 is 1.33 bits per heavy atom. The molecule has 0 aliphatic carbocycles. The maximum atomic E-state index is 13.0. The standard InChI is InChI=1S/C19H17ClF3N3O4/c1-2-17(28)26-8-10(9-26)25-18(29)16-4-3-11(30-16)7-24-14-5-12(19(21,22)23)13(20)6-15(14)27/h2-6,10,24,27H,1,7-9H2,(H,25,29). The van der Waals surface area contributed by atoms with Gasteiger partial charge in [-0.1, -0.05) is 18.2 Å². The van der Waals surface area contributed by atoms with Crippen molar-refractivity contribution in [3.05, 3.63) is 59.0 Å². The summed E-state index contributed by atoms with van der Waals surface area (Å²) in [5.41, 5.74) is -1.27. The number of furan rings is 1. The van der Waals surface area contributed by atoms with Crippen molar-refractivity contribution in [2.75, 3.05) is 18.4 Å². The van der Waals surface area contributed by atoms with Crippen molar-refractivity contribution in [2.24, 2.45) is 0 Å². The molecule has 1 aliphatic rings. The normalized spacial score (nSPS) is 14.2. The van der Waals surface area contributed by atoms with Gasteiger partial charge in [0.05, 0.1) is 28.9 Å². The zero-order chi connectivity index (χ0) is 22.1. The third-order valence-corrected chi connectivity index (χ3v) is 4.75. The van der Waals surface area contributed by atoms with Crippen molar-refractivity contribution in [1.82, 2.24) is 10.2 Å². The Morgan fingerprint density at radius 3 is 2.67 bits per heavy atom. The topological polar surface area (TPSA) is 94.8 Å². The summed E-state index contributed by atoms with van der Waals surface area (Å²) in [6, 6.07) is 4.18. The van der Waals surface area contributed by atoms with Gasteiger partial charge in [0.15, 0.2) is 5.76 Å². The second-order valence-electron chi connectivity index (χ2n) is 6.58. The van der Waals surface area contributed by atoms with E-state index in [1.54, 1.807) is 0 Å². The first-order valence-electron chi connectivity index (χ1n) is 8.73. The summed E-state index contributed by atoms with van der Waals surface area (Å²) in [4.78, 5) is 25.1. The molecule has 0 atom stereocenters. The van der Waals surface area contributed by atoms with E-state index in [-0.39, 0.29) is 35.7 Å². The zero-order valence-electron chi connectivity index (χ0n) is 15.4. The van der Waals surface area contributed by atoms with E-state index < -0.39 is 28.4 Å². The van der Waals surface area contributed by atoms with Crippen LogP contribution in [-0.4, -0.2) is 41.0 Å². The summed E-state index contributed by atoms with van der Waals surface area (Å²) in [6.07, 6.45) is -3.48. The molecule has 1 aromatic heterocycles. The zero-order valence-corrected chi connectivity index (χ0v) is 16.2. The molecule has 7 nitrogen and oxygen atoms in total. The highest BCUT2D eigenvalue weighted by Gasteiger charge is 2.34. The number of halogens is 4. The molecule has 0 saturated carbocycles. The number of benzene rings is 1. The molecule has 1 aromatic carbocycles. The predicted octanol–water partition coefficient (Wildman–Crippen LogP) is 3.40. The molecule has 3 N–H and O–H groups in total. The molecule has 2 heterocycles. The van der Waals surface area contributed by atoms with Gasteiger partial charge in [0, 0.05) is 19.2 Å². The Bertz CT molecular complexity index is 984. The van der Waals surface area contributed by atoms with E-state index in [0.717, 1.165) is 6.07 Å². The largest absolute Gasteiger partial charge is 0.506 e. The van der Waals surface area contributed by atoms with Gasteiger partial charge in [0.25, 0.3) is 5.91 Å². The van der Waals surface area contributed by atoms with Gasteiger partial charge in [-0.2, -0.15) is 13.2 Å². The second-order valence-corrected chi connectivity index (χ2v) is 6.99. The lowest BCUT2D eigenvalue weighted by atomic mass is 10.1. The number of likely N-dealkylation sites (tertiary alicyclic amines) is 1. The van der Waals surface area contributed by atoms with Crippen molar-refractivity contribution >= 4 is 29.1 Å². The summed E-state index contributed by atoms with van der Waals surface area (Å²) >= 11 is 5.54. The number of hydrogen-bond acceptors (Lipinski definition) is 5. The average molecular weight is 444 g/mol. The van der Waals surface area contributed by atoms with Crippen LogP contribution in [0.2, 0.25) is 5.02 Å². The molecule has 11 heteroatoms. The molecule has 0 spiro atoms. The van der Waals surface area contributed by atoms with Gasteiger partial charge in [-0.05, 0) is 24.3 Å². The van der Waals surface area contributed by atoms with Crippen molar-refractivity contribution in [1.29, 1.82) is 0 Å². The quantitative estimate of drug-likeness (QED) is 0.470.